The van der Waals surface area contributed by atoms with Crippen molar-refractivity contribution in [2.75, 3.05) is 37.8 Å². The van der Waals surface area contributed by atoms with Crippen LogP contribution in [0.25, 0.3) is 0 Å². The SMILES string of the molecule is C=CC(=O)N1CCN(C[C@@H](Oc2cnc(C(=O)Nc3ncc(S(C)(=O)=O)cc3C)c(F)c2)c2ccc(C)c(F)c2)C[C@H]1C. The van der Waals surface area contributed by atoms with Crippen LogP contribution in [0.15, 0.2) is 60.3 Å². The lowest BCUT2D eigenvalue weighted by molar-refractivity contribution is -0.130. The first-order chi connectivity index (χ1) is 20.3. The number of aromatic nitrogens is 2. The molecule has 2 aromatic heterocycles. The number of pyridine rings is 2. The number of nitrogens with one attached hydrogen (secondary N) is 1. The van der Waals surface area contributed by atoms with Crippen LogP contribution in [0.1, 0.15) is 40.2 Å². The van der Waals surface area contributed by atoms with E-state index in [9.17, 15) is 22.4 Å². The van der Waals surface area contributed by atoms with Crippen LogP contribution in [0, 0.1) is 25.5 Å². The average Bonchev–Trinajstić information content (AvgIpc) is 2.94. The van der Waals surface area contributed by atoms with Gasteiger partial charge in [-0.25, -0.2) is 27.2 Å². The van der Waals surface area contributed by atoms with Gasteiger partial charge in [-0.3, -0.25) is 14.5 Å². The van der Waals surface area contributed by atoms with E-state index in [0.717, 1.165) is 18.5 Å². The van der Waals surface area contributed by atoms with E-state index in [0.29, 0.717) is 42.9 Å². The zero-order valence-electron chi connectivity index (χ0n) is 24.3. The van der Waals surface area contributed by atoms with Crippen molar-refractivity contribution in [1.29, 1.82) is 0 Å². The van der Waals surface area contributed by atoms with Gasteiger partial charge in [-0.1, -0.05) is 18.7 Å². The molecule has 13 heteroatoms. The van der Waals surface area contributed by atoms with Gasteiger partial charge in [0, 0.05) is 50.7 Å². The van der Waals surface area contributed by atoms with E-state index < -0.39 is 39.2 Å². The number of benzene rings is 1. The standard InChI is InChI=1S/C30H33F2N5O5S/c1-6-27(38)37-10-9-36(16-20(37)4)17-26(21-8-7-18(2)24(31)12-21)42-22-13-25(32)28(33-14-22)30(39)35-29-19(3)11-23(15-34-29)43(5,40)41/h6-8,11-15,20,26H,1,9-10,16-17H2,2-5H3,(H,34,35,39)/t20-,26-/m1/s1. The summed E-state index contributed by atoms with van der Waals surface area (Å²) in [5, 5.41) is 2.45. The van der Waals surface area contributed by atoms with Gasteiger partial charge in [0.15, 0.2) is 21.3 Å². The number of anilines is 1. The van der Waals surface area contributed by atoms with Crippen molar-refractivity contribution >= 4 is 27.5 Å². The molecule has 1 aromatic carbocycles. The van der Waals surface area contributed by atoms with E-state index in [-0.39, 0.29) is 28.4 Å². The molecule has 1 N–H and O–H groups in total. The Kier molecular flexibility index (Phi) is 9.55. The number of sulfone groups is 1. The maximum absolute atomic E-state index is 15.1. The van der Waals surface area contributed by atoms with Crippen LogP contribution in [0.2, 0.25) is 0 Å². The maximum atomic E-state index is 15.1. The van der Waals surface area contributed by atoms with Crippen molar-refractivity contribution in [3.63, 3.8) is 0 Å². The minimum atomic E-state index is -3.49. The Hall–Kier alpha value is -4.23. The van der Waals surface area contributed by atoms with E-state index in [1.807, 2.05) is 6.92 Å². The summed E-state index contributed by atoms with van der Waals surface area (Å²) < 4.78 is 59.3. The molecule has 10 nitrogen and oxygen atoms in total. The monoisotopic (exact) mass is 613 g/mol. The summed E-state index contributed by atoms with van der Waals surface area (Å²) in [5.41, 5.74) is 0.845. The fraction of sp³-hybridized carbons (Fsp3) is 0.333. The summed E-state index contributed by atoms with van der Waals surface area (Å²) in [6.07, 6.45) is 3.91. The Balaban J connectivity index is 1.52. The summed E-state index contributed by atoms with van der Waals surface area (Å²) in [6.45, 7) is 10.6. The number of hydrogen-bond donors (Lipinski definition) is 1. The third kappa shape index (κ3) is 7.59. The molecule has 3 aromatic rings. The number of nitrogens with zero attached hydrogens (tertiary/aromatic N) is 4. The van der Waals surface area contributed by atoms with E-state index in [4.69, 9.17) is 4.74 Å². The van der Waals surface area contributed by atoms with Crippen molar-refractivity contribution in [2.24, 2.45) is 0 Å². The highest BCUT2D eigenvalue weighted by Gasteiger charge is 2.29. The first kappa shape index (κ1) is 31.7. The predicted octanol–water partition coefficient (Wildman–Crippen LogP) is 3.87. The molecule has 1 fully saturated rings. The van der Waals surface area contributed by atoms with Gasteiger partial charge in [0.2, 0.25) is 5.91 Å². The zero-order chi connectivity index (χ0) is 31.5. The second-order valence-electron chi connectivity index (χ2n) is 10.5. The molecular formula is C30H33F2N5O5S. The molecule has 0 spiro atoms. The van der Waals surface area contributed by atoms with Gasteiger partial charge >= 0.3 is 0 Å². The summed E-state index contributed by atoms with van der Waals surface area (Å²) >= 11 is 0. The molecule has 2 amide bonds. The molecule has 0 unspecified atom stereocenters. The van der Waals surface area contributed by atoms with Crippen molar-refractivity contribution in [3.8, 4) is 5.75 Å². The molecule has 1 aliphatic heterocycles. The van der Waals surface area contributed by atoms with Gasteiger partial charge in [-0.15, -0.1) is 0 Å². The Labute approximate surface area is 249 Å². The molecule has 0 radical (unpaired) electrons. The van der Waals surface area contributed by atoms with Crippen LogP contribution in [0.4, 0.5) is 14.6 Å². The quantitative estimate of drug-likeness (QED) is 0.361. The molecule has 1 saturated heterocycles. The Morgan fingerprint density at radius 1 is 1.12 bits per heavy atom. The van der Waals surface area contributed by atoms with Crippen molar-refractivity contribution < 1.29 is 31.5 Å². The van der Waals surface area contributed by atoms with Crippen molar-refractivity contribution in [2.45, 2.75) is 37.8 Å². The third-order valence-electron chi connectivity index (χ3n) is 7.18. The van der Waals surface area contributed by atoms with Crippen LogP contribution in [-0.2, 0) is 14.6 Å². The number of amides is 2. The third-order valence-corrected chi connectivity index (χ3v) is 8.26. The number of carbonyl (C=O) groups is 2. The molecule has 1 aliphatic rings. The van der Waals surface area contributed by atoms with Crippen LogP contribution >= 0.6 is 0 Å². The van der Waals surface area contributed by atoms with E-state index in [2.05, 4.69) is 26.8 Å². The normalized spacial score (nSPS) is 16.4. The van der Waals surface area contributed by atoms with Crippen molar-refractivity contribution in [1.82, 2.24) is 19.8 Å². The fourth-order valence-corrected chi connectivity index (χ4v) is 5.40. The van der Waals surface area contributed by atoms with Gasteiger partial charge in [0.05, 0.1) is 11.1 Å². The first-order valence-electron chi connectivity index (χ1n) is 13.5. The van der Waals surface area contributed by atoms with E-state index in [1.54, 1.807) is 30.9 Å². The molecular weight excluding hydrogens is 580 g/mol. The number of carbonyl (C=O) groups excluding carboxylic acids is 2. The summed E-state index contributed by atoms with van der Waals surface area (Å²) in [7, 11) is -3.49. The number of halogens is 2. The molecule has 0 aliphatic carbocycles. The number of hydrogen-bond acceptors (Lipinski definition) is 8. The molecule has 3 heterocycles. The van der Waals surface area contributed by atoms with Gasteiger partial charge < -0.3 is 15.0 Å². The predicted molar refractivity (Wildman–Crippen MR) is 157 cm³/mol. The molecule has 4 rings (SSSR count). The highest BCUT2D eigenvalue weighted by Crippen LogP contribution is 2.27. The number of aryl methyl sites for hydroxylation is 2. The summed E-state index contributed by atoms with van der Waals surface area (Å²) in [4.78, 5) is 36.7. The topological polar surface area (TPSA) is 122 Å². The second kappa shape index (κ2) is 13.0. The Bertz CT molecular complexity index is 1670. The Morgan fingerprint density at radius 2 is 1.86 bits per heavy atom. The number of rotatable bonds is 9. The van der Waals surface area contributed by atoms with Gasteiger partial charge in [-0.2, -0.15) is 0 Å². The molecule has 0 saturated carbocycles. The van der Waals surface area contributed by atoms with Crippen LogP contribution in [0.5, 0.6) is 5.75 Å². The molecule has 43 heavy (non-hydrogen) atoms. The number of piperazine rings is 1. The van der Waals surface area contributed by atoms with Crippen LogP contribution < -0.4 is 10.1 Å². The van der Waals surface area contributed by atoms with E-state index in [1.165, 1.54) is 24.4 Å². The lowest BCUT2D eigenvalue weighted by Gasteiger charge is -2.40. The zero-order valence-corrected chi connectivity index (χ0v) is 25.1. The van der Waals surface area contributed by atoms with Gasteiger partial charge in [-0.05, 0) is 55.7 Å². The molecule has 0 bridgehead atoms. The smallest absolute Gasteiger partial charge is 0.278 e. The van der Waals surface area contributed by atoms with Gasteiger partial charge in [0.1, 0.15) is 23.5 Å². The minimum absolute atomic E-state index is 0.0154. The maximum Gasteiger partial charge on any atom is 0.278 e. The lowest BCUT2D eigenvalue weighted by Crippen LogP contribution is -2.54. The lowest BCUT2D eigenvalue weighted by atomic mass is 10.0. The van der Waals surface area contributed by atoms with E-state index >= 15 is 4.39 Å². The second-order valence-corrected chi connectivity index (χ2v) is 12.5. The highest BCUT2D eigenvalue weighted by molar-refractivity contribution is 7.90. The molecule has 228 valence electrons. The molecule has 2 atom stereocenters. The average molecular weight is 614 g/mol. The van der Waals surface area contributed by atoms with Crippen LogP contribution in [0.3, 0.4) is 0 Å². The van der Waals surface area contributed by atoms with Crippen molar-refractivity contribution in [3.05, 3.63) is 89.4 Å². The highest BCUT2D eigenvalue weighted by atomic mass is 32.2. The fourth-order valence-electron chi connectivity index (χ4n) is 4.76. The minimum Gasteiger partial charge on any atom is -0.483 e. The van der Waals surface area contributed by atoms with Crippen LogP contribution in [-0.4, -0.2) is 78.5 Å². The number of ether oxygens (including phenoxy) is 1. The first-order valence-corrected chi connectivity index (χ1v) is 15.4. The Morgan fingerprint density at radius 3 is 2.47 bits per heavy atom. The summed E-state index contributed by atoms with van der Waals surface area (Å²) in [5.74, 6) is -2.32. The largest absolute Gasteiger partial charge is 0.483 e. The van der Waals surface area contributed by atoms with Gasteiger partial charge in [0.25, 0.3) is 5.91 Å². The summed E-state index contributed by atoms with van der Waals surface area (Å²) in [6, 6.07) is 7.03.